The van der Waals surface area contributed by atoms with Crippen molar-refractivity contribution in [2.24, 2.45) is 0 Å². The summed E-state index contributed by atoms with van der Waals surface area (Å²) in [7, 11) is -4.04. The minimum Gasteiger partial charge on any atom is -0.398 e. The number of sulfonamides is 1. The van der Waals surface area contributed by atoms with E-state index in [0.717, 1.165) is 12.1 Å². The fourth-order valence-corrected chi connectivity index (χ4v) is 2.58. The van der Waals surface area contributed by atoms with E-state index in [4.69, 9.17) is 5.73 Å². The largest absolute Gasteiger partial charge is 0.398 e. The first kappa shape index (κ1) is 15.9. The van der Waals surface area contributed by atoms with Gasteiger partial charge in [0.1, 0.15) is 10.7 Å². The van der Waals surface area contributed by atoms with Crippen LogP contribution in [0.5, 0.6) is 0 Å². The normalized spacial score (nSPS) is 15.2. The lowest BCUT2D eigenvalue weighted by atomic mass is 10.1. The van der Waals surface area contributed by atoms with Gasteiger partial charge in [-0.05, 0) is 38.0 Å². The van der Waals surface area contributed by atoms with E-state index in [2.05, 4.69) is 4.72 Å². The van der Waals surface area contributed by atoms with E-state index in [0.29, 0.717) is 12.0 Å². The number of nitrogen functional groups attached to an aromatic ring is 1. The molecule has 5 nitrogen and oxygen atoms in total. The summed E-state index contributed by atoms with van der Waals surface area (Å²) >= 11 is 0. The quantitative estimate of drug-likeness (QED) is 0.709. The molecule has 0 radical (unpaired) electrons. The van der Waals surface area contributed by atoms with Gasteiger partial charge in [-0.3, -0.25) is 0 Å². The number of aliphatic hydroxyl groups is 1. The molecule has 0 saturated carbocycles. The third-order valence-electron chi connectivity index (χ3n) is 3.01. The molecule has 0 saturated heterocycles. The molecule has 1 aromatic rings. The molecule has 108 valence electrons. The zero-order chi connectivity index (χ0) is 14.8. The number of rotatable bonds is 5. The highest BCUT2D eigenvalue weighted by Crippen LogP contribution is 2.21. The average Bonchev–Trinajstić information content (AvgIpc) is 2.31. The van der Waals surface area contributed by atoms with E-state index >= 15 is 0 Å². The van der Waals surface area contributed by atoms with Crippen molar-refractivity contribution < 1.29 is 17.9 Å². The highest BCUT2D eigenvalue weighted by molar-refractivity contribution is 7.89. The SMILES string of the molecule is CCC(C)(O)CNS(=O)(=O)c1cc(N)c(C)cc1F. The summed E-state index contributed by atoms with van der Waals surface area (Å²) in [6.45, 7) is 4.61. The first-order chi connectivity index (χ1) is 8.59. The third kappa shape index (κ3) is 3.89. The first-order valence-electron chi connectivity index (χ1n) is 5.87. The molecule has 1 atom stereocenters. The van der Waals surface area contributed by atoms with Gasteiger partial charge >= 0.3 is 0 Å². The number of hydrogen-bond acceptors (Lipinski definition) is 4. The van der Waals surface area contributed by atoms with E-state index < -0.39 is 26.3 Å². The maximum atomic E-state index is 13.7. The van der Waals surface area contributed by atoms with Crippen molar-refractivity contribution in [3.05, 3.63) is 23.5 Å². The van der Waals surface area contributed by atoms with Crippen LogP contribution in [0.15, 0.2) is 17.0 Å². The van der Waals surface area contributed by atoms with Gasteiger partial charge in [-0.15, -0.1) is 0 Å². The molecule has 1 rings (SSSR count). The molecule has 7 heteroatoms. The highest BCUT2D eigenvalue weighted by atomic mass is 32.2. The van der Waals surface area contributed by atoms with Gasteiger partial charge in [0.25, 0.3) is 0 Å². The molecule has 1 unspecified atom stereocenters. The summed E-state index contributed by atoms with van der Waals surface area (Å²) in [4.78, 5) is -0.512. The number of hydrogen-bond donors (Lipinski definition) is 3. The second-order valence-electron chi connectivity index (χ2n) is 4.81. The summed E-state index contributed by atoms with van der Waals surface area (Å²) in [6, 6.07) is 2.15. The van der Waals surface area contributed by atoms with Crippen molar-refractivity contribution in [2.75, 3.05) is 12.3 Å². The van der Waals surface area contributed by atoms with E-state index in [1.165, 1.54) is 6.92 Å². The molecule has 1 aromatic carbocycles. The lowest BCUT2D eigenvalue weighted by Gasteiger charge is -2.21. The Labute approximate surface area is 112 Å². The van der Waals surface area contributed by atoms with E-state index in [1.54, 1.807) is 13.8 Å². The van der Waals surface area contributed by atoms with Crippen LogP contribution in [0.3, 0.4) is 0 Å². The van der Waals surface area contributed by atoms with Crippen molar-refractivity contribution in [3.8, 4) is 0 Å². The number of benzene rings is 1. The smallest absolute Gasteiger partial charge is 0.243 e. The van der Waals surface area contributed by atoms with Gasteiger partial charge < -0.3 is 10.8 Å². The molecular weight excluding hydrogens is 271 g/mol. The summed E-state index contributed by atoms with van der Waals surface area (Å²) in [5.41, 5.74) is 5.07. The van der Waals surface area contributed by atoms with Gasteiger partial charge in [-0.2, -0.15) is 0 Å². The van der Waals surface area contributed by atoms with Crippen molar-refractivity contribution in [1.82, 2.24) is 4.72 Å². The van der Waals surface area contributed by atoms with Gasteiger partial charge in [0.2, 0.25) is 10.0 Å². The highest BCUT2D eigenvalue weighted by Gasteiger charge is 2.25. The number of anilines is 1. The molecule has 0 fully saturated rings. The zero-order valence-electron chi connectivity index (χ0n) is 11.2. The second kappa shape index (κ2) is 5.44. The Hall–Kier alpha value is -1.18. The molecule has 19 heavy (non-hydrogen) atoms. The maximum Gasteiger partial charge on any atom is 0.243 e. The minimum atomic E-state index is -4.04. The van der Waals surface area contributed by atoms with Gasteiger partial charge in [0.05, 0.1) is 5.60 Å². The van der Waals surface area contributed by atoms with Crippen molar-refractivity contribution in [3.63, 3.8) is 0 Å². The van der Waals surface area contributed by atoms with Crippen LogP contribution in [0.25, 0.3) is 0 Å². The Kier molecular flexibility index (Phi) is 4.54. The average molecular weight is 290 g/mol. The molecule has 0 aliphatic carbocycles. The summed E-state index contributed by atoms with van der Waals surface area (Å²) < 4.78 is 39.8. The van der Waals surface area contributed by atoms with Crippen molar-refractivity contribution in [2.45, 2.75) is 37.7 Å². The molecule has 0 amide bonds. The molecule has 0 bridgehead atoms. The Morgan fingerprint density at radius 3 is 2.58 bits per heavy atom. The Morgan fingerprint density at radius 1 is 1.47 bits per heavy atom. The number of aryl methyl sites for hydroxylation is 1. The van der Waals surface area contributed by atoms with E-state index in [9.17, 15) is 17.9 Å². The number of nitrogens with two attached hydrogens (primary N) is 1. The van der Waals surface area contributed by atoms with Crippen LogP contribution in [0.4, 0.5) is 10.1 Å². The van der Waals surface area contributed by atoms with Gasteiger partial charge in [-0.25, -0.2) is 17.5 Å². The molecule has 0 aliphatic heterocycles. The Morgan fingerprint density at radius 2 is 2.05 bits per heavy atom. The molecule has 4 N–H and O–H groups in total. The predicted octanol–water partition coefficient (Wildman–Crippen LogP) is 1.16. The van der Waals surface area contributed by atoms with Crippen LogP contribution in [0.2, 0.25) is 0 Å². The first-order valence-corrected chi connectivity index (χ1v) is 7.35. The topological polar surface area (TPSA) is 92.4 Å². The second-order valence-corrected chi connectivity index (χ2v) is 6.55. The van der Waals surface area contributed by atoms with E-state index in [1.807, 2.05) is 0 Å². The number of nitrogens with one attached hydrogen (secondary N) is 1. The Balaban J connectivity index is 3.05. The predicted molar refractivity (Wildman–Crippen MR) is 71.7 cm³/mol. The van der Waals surface area contributed by atoms with Crippen LogP contribution in [-0.2, 0) is 10.0 Å². The van der Waals surface area contributed by atoms with Crippen molar-refractivity contribution in [1.29, 1.82) is 0 Å². The summed E-state index contributed by atoms with van der Waals surface area (Å²) in [5, 5.41) is 9.76. The Bertz CT molecular complexity index is 571. The third-order valence-corrected chi connectivity index (χ3v) is 4.43. The van der Waals surface area contributed by atoms with Gasteiger partial charge in [0.15, 0.2) is 0 Å². The standard InChI is InChI=1S/C12H19FN2O3S/c1-4-12(3,16)7-15-19(17,18)11-6-10(14)8(2)5-9(11)13/h5-6,15-16H,4,7,14H2,1-3H3. The molecular formula is C12H19FN2O3S. The van der Waals surface area contributed by atoms with Crippen LogP contribution < -0.4 is 10.5 Å². The van der Waals surface area contributed by atoms with Crippen LogP contribution in [-0.4, -0.2) is 25.7 Å². The molecule has 0 heterocycles. The maximum absolute atomic E-state index is 13.7. The number of halogens is 1. The lowest BCUT2D eigenvalue weighted by Crippen LogP contribution is -2.40. The monoisotopic (exact) mass is 290 g/mol. The van der Waals surface area contributed by atoms with Crippen LogP contribution >= 0.6 is 0 Å². The fourth-order valence-electron chi connectivity index (χ4n) is 1.33. The lowest BCUT2D eigenvalue weighted by molar-refractivity contribution is 0.0613. The minimum absolute atomic E-state index is 0.195. The van der Waals surface area contributed by atoms with Crippen LogP contribution in [0, 0.1) is 12.7 Å². The zero-order valence-corrected chi connectivity index (χ0v) is 12.0. The van der Waals surface area contributed by atoms with Crippen LogP contribution in [0.1, 0.15) is 25.8 Å². The molecule has 0 aromatic heterocycles. The summed E-state index contributed by atoms with van der Waals surface area (Å²) in [5.74, 6) is -0.865. The summed E-state index contributed by atoms with van der Waals surface area (Å²) in [6.07, 6.45) is 0.369. The van der Waals surface area contributed by atoms with Gasteiger partial charge in [0, 0.05) is 12.2 Å². The molecule has 0 spiro atoms. The molecule has 0 aliphatic rings. The fraction of sp³-hybridized carbons (Fsp3) is 0.500. The van der Waals surface area contributed by atoms with Crippen molar-refractivity contribution >= 4 is 15.7 Å². The van der Waals surface area contributed by atoms with E-state index in [-0.39, 0.29) is 12.2 Å². The van der Waals surface area contributed by atoms with Gasteiger partial charge in [-0.1, -0.05) is 6.92 Å².